The molecule has 0 spiro atoms. The minimum atomic E-state index is -0.926. The predicted octanol–water partition coefficient (Wildman–Crippen LogP) is 0.916. The van der Waals surface area contributed by atoms with Gasteiger partial charge in [0.25, 0.3) is 0 Å². The molecule has 0 aliphatic carbocycles. The summed E-state index contributed by atoms with van der Waals surface area (Å²) in [5, 5.41) is 11.8. The number of carbonyl (C=O) groups is 2. The minimum absolute atomic E-state index is 0.139. The molecule has 1 fully saturated rings. The molecule has 6 heteroatoms. The van der Waals surface area contributed by atoms with E-state index in [1.165, 1.54) is 0 Å². The van der Waals surface area contributed by atoms with Gasteiger partial charge in [0.2, 0.25) is 0 Å². The van der Waals surface area contributed by atoms with Crippen LogP contribution >= 0.6 is 0 Å². The fourth-order valence-electron chi connectivity index (χ4n) is 2.06. The van der Waals surface area contributed by atoms with Crippen LogP contribution in [-0.4, -0.2) is 53.8 Å². The molecule has 1 aliphatic heterocycles. The lowest BCUT2D eigenvalue weighted by Gasteiger charge is -2.29. The van der Waals surface area contributed by atoms with Crippen LogP contribution in [0.15, 0.2) is 0 Å². The van der Waals surface area contributed by atoms with E-state index in [4.69, 9.17) is 9.84 Å². The van der Waals surface area contributed by atoms with Crippen LogP contribution in [0.2, 0.25) is 0 Å². The molecule has 1 aliphatic rings. The second kappa shape index (κ2) is 6.58. The number of urea groups is 1. The largest absolute Gasteiger partial charge is 0.481 e. The molecule has 1 rings (SSSR count). The Balaban J connectivity index is 2.60. The van der Waals surface area contributed by atoms with Gasteiger partial charge in [-0.3, -0.25) is 4.79 Å². The van der Waals surface area contributed by atoms with Gasteiger partial charge >= 0.3 is 12.0 Å². The van der Waals surface area contributed by atoms with Crippen molar-refractivity contribution >= 4 is 12.0 Å². The molecule has 3 atom stereocenters. The Hall–Kier alpha value is -1.30. The van der Waals surface area contributed by atoms with Crippen molar-refractivity contribution in [1.29, 1.82) is 0 Å². The van der Waals surface area contributed by atoms with E-state index in [1.807, 2.05) is 20.8 Å². The average molecular weight is 258 g/mol. The highest BCUT2D eigenvalue weighted by molar-refractivity contribution is 5.77. The summed E-state index contributed by atoms with van der Waals surface area (Å²) in [5.74, 6) is -1.58. The number of amides is 2. The van der Waals surface area contributed by atoms with Crippen LogP contribution in [0, 0.1) is 5.92 Å². The SMILES string of the molecule is CCC(C)N(CC)C(=O)NC1COCC1C(=O)O. The van der Waals surface area contributed by atoms with Gasteiger partial charge < -0.3 is 20.1 Å². The number of nitrogens with zero attached hydrogens (tertiary/aromatic N) is 1. The lowest BCUT2D eigenvalue weighted by atomic mass is 10.0. The van der Waals surface area contributed by atoms with E-state index in [0.717, 1.165) is 6.42 Å². The zero-order valence-corrected chi connectivity index (χ0v) is 11.2. The maximum Gasteiger partial charge on any atom is 0.317 e. The normalized spacial score (nSPS) is 24.6. The maximum absolute atomic E-state index is 12.1. The summed E-state index contributed by atoms with van der Waals surface area (Å²) in [7, 11) is 0. The van der Waals surface area contributed by atoms with Crippen LogP contribution in [0.25, 0.3) is 0 Å². The molecule has 104 valence electrons. The zero-order valence-electron chi connectivity index (χ0n) is 11.2. The fraction of sp³-hybridized carbons (Fsp3) is 0.833. The van der Waals surface area contributed by atoms with Gasteiger partial charge in [0, 0.05) is 12.6 Å². The summed E-state index contributed by atoms with van der Waals surface area (Å²) in [5.41, 5.74) is 0. The number of rotatable bonds is 5. The monoisotopic (exact) mass is 258 g/mol. The predicted molar refractivity (Wildman–Crippen MR) is 66.4 cm³/mol. The Morgan fingerprint density at radius 1 is 1.44 bits per heavy atom. The molecule has 0 aromatic rings. The first-order valence-electron chi connectivity index (χ1n) is 6.38. The van der Waals surface area contributed by atoms with Crippen molar-refractivity contribution in [3.05, 3.63) is 0 Å². The molecule has 1 saturated heterocycles. The molecule has 0 aromatic carbocycles. The summed E-state index contributed by atoms with van der Waals surface area (Å²) in [4.78, 5) is 24.7. The molecule has 18 heavy (non-hydrogen) atoms. The molecular weight excluding hydrogens is 236 g/mol. The third-order valence-electron chi connectivity index (χ3n) is 3.43. The molecule has 0 bridgehead atoms. The Labute approximate surface area is 107 Å². The van der Waals surface area contributed by atoms with E-state index in [1.54, 1.807) is 4.90 Å². The van der Waals surface area contributed by atoms with Crippen LogP contribution in [-0.2, 0) is 9.53 Å². The number of ether oxygens (including phenoxy) is 1. The second-order valence-corrected chi connectivity index (χ2v) is 4.58. The zero-order chi connectivity index (χ0) is 13.7. The molecule has 6 nitrogen and oxygen atoms in total. The highest BCUT2D eigenvalue weighted by Crippen LogP contribution is 2.15. The van der Waals surface area contributed by atoms with E-state index in [2.05, 4.69) is 5.32 Å². The summed E-state index contributed by atoms with van der Waals surface area (Å²) >= 11 is 0. The van der Waals surface area contributed by atoms with E-state index < -0.39 is 17.9 Å². The molecular formula is C12H22N2O4. The lowest BCUT2D eigenvalue weighted by Crippen LogP contribution is -2.51. The van der Waals surface area contributed by atoms with E-state index in [9.17, 15) is 9.59 Å². The number of carboxylic acid groups (broad SMARTS) is 1. The first-order valence-corrected chi connectivity index (χ1v) is 6.38. The summed E-state index contributed by atoms with van der Waals surface area (Å²) < 4.78 is 5.12. The maximum atomic E-state index is 12.1. The van der Waals surface area contributed by atoms with Gasteiger partial charge in [-0.1, -0.05) is 6.92 Å². The third kappa shape index (κ3) is 3.35. The molecule has 0 aromatic heterocycles. The third-order valence-corrected chi connectivity index (χ3v) is 3.43. The molecule has 2 amide bonds. The number of carbonyl (C=O) groups excluding carboxylic acids is 1. The Kier molecular flexibility index (Phi) is 5.40. The first-order chi connectivity index (χ1) is 8.51. The number of hydrogen-bond donors (Lipinski definition) is 2. The van der Waals surface area contributed by atoms with Crippen molar-refractivity contribution in [3.63, 3.8) is 0 Å². The van der Waals surface area contributed by atoms with Gasteiger partial charge in [0.05, 0.1) is 19.3 Å². The molecule has 2 N–H and O–H groups in total. The summed E-state index contributed by atoms with van der Waals surface area (Å²) in [6, 6.07) is -0.512. The average Bonchev–Trinajstić information content (AvgIpc) is 2.77. The summed E-state index contributed by atoms with van der Waals surface area (Å²) in [6.45, 7) is 6.93. The molecule has 0 saturated carbocycles. The Morgan fingerprint density at radius 2 is 2.11 bits per heavy atom. The van der Waals surface area contributed by atoms with Gasteiger partial charge in [0.15, 0.2) is 0 Å². The van der Waals surface area contributed by atoms with Gasteiger partial charge in [-0.2, -0.15) is 0 Å². The Bertz CT molecular complexity index is 308. The highest BCUT2D eigenvalue weighted by atomic mass is 16.5. The van der Waals surface area contributed by atoms with E-state index >= 15 is 0 Å². The Morgan fingerprint density at radius 3 is 2.61 bits per heavy atom. The van der Waals surface area contributed by atoms with Crippen LogP contribution in [0.4, 0.5) is 4.79 Å². The van der Waals surface area contributed by atoms with Gasteiger partial charge in [0.1, 0.15) is 5.92 Å². The number of hydrogen-bond acceptors (Lipinski definition) is 3. The van der Waals surface area contributed by atoms with Crippen LogP contribution in [0.5, 0.6) is 0 Å². The topological polar surface area (TPSA) is 78.9 Å². The van der Waals surface area contributed by atoms with Gasteiger partial charge in [-0.15, -0.1) is 0 Å². The first kappa shape index (κ1) is 14.8. The molecule has 3 unspecified atom stereocenters. The standard InChI is InChI=1S/C12H22N2O4/c1-4-8(3)14(5-2)12(17)13-10-7-18-6-9(10)11(15)16/h8-10H,4-7H2,1-3H3,(H,13,17)(H,15,16). The van der Waals surface area contributed by atoms with Crippen LogP contribution in [0.3, 0.4) is 0 Å². The van der Waals surface area contributed by atoms with Gasteiger partial charge in [-0.25, -0.2) is 4.79 Å². The van der Waals surface area contributed by atoms with Crippen LogP contribution < -0.4 is 5.32 Å². The fourth-order valence-corrected chi connectivity index (χ4v) is 2.06. The summed E-state index contributed by atoms with van der Waals surface area (Å²) in [6.07, 6.45) is 0.866. The van der Waals surface area contributed by atoms with Crippen LogP contribution in [0.1, 0.15) is 27.2 Å². The molecule has 0 radical (unpaired) electrons. The van der Waals surface area contributed by atoms with Crippen molar-refractivity contribution < 1.29 is 19.4 Å². The van der Waals surface area contributed by atoms with Crippen molar-refractivity contribution in [2.24, 2.45) is 5.92 Å². The highest BCUT2D eigenvalue weighted by Gasteiger charge is 2.36. The number of nitrogens with one attached hydrogen (secondary N) is 1. The van der Waals surface area contributed by atoms with Crippen molar-refractivity contribution in [3.8, 4) is 0 Å². The van der Waals surface area contributed by atoms with Gasteiger partial charge in [-0.05, 0) is 20.3 Å². The lowest BCUT2D eigenvalue weighted by molar-refractivity contribution is -0.142. The number of aliphatic carboxylic acids is 1. The molecule has 1 heterocycles. The smallest absolute Gasteiger partial charge is 0.317 e. The second-order valence-electron chi connectivity index (χ2n) is 4.58. The van der Waals surface area contributed by atoms with Crippen molar-refractivity contribution in [1.82, 2.24) is 10.2 Å². The number of carboxylic acids is 1. The van der Waals surface area contributed by atoms with Crippen molar-refractivity contribution in [2.75, 3.05) is 19.8 Å². The quantitative estimate of drug-likeness (QED) is 0.768. The van der Waals surface area contributed by atoms with E-state index in [0.29, 0.717) is 6.54 Å². The minimum Gasteiger partial charge on any atom is -0.481 e. The van der Waals surface area contributed by atoms with E-state index in [-0.39, 0.29) is 25.3 Å². The van der Waals surface area contributed by atoms with Crippen molar-refractivity contribution in [2.45, 2.75) is 39.3 Å².